The standard InChI is InChI=1S/C30H30O4S/c1-22-14-18-30(35(31,32)33)26(19-22)15-16-27(25-11-7-4-8-12-25)28-20-23(2)13-17-29(28)34-21-24-9-5-3-6-10-24/h3-14,17-20,27H,15-16,21H2,1-2H3,(H,31,32,33). The van der Waals surface area contributed by atoms with Crippen LogP contribution in [0.3, 0.4) is 0 Å². The molecule has 0 aliphatic carbocycles. The van der Waals surface area contributed by atoms with Crippen LogP contribution in [-0.4, -0.2) is 13.0 Å². The Morgan fingerprint density at radius 1 is 0.800 bits per heavy atom. The van der Waals surface area contributed by atoms with E-state index in [0.717, 1.165) is 33.6 Å². The fourth-order valence-electron chi connectivity index (χ4n) is 4.45. The Labute approximate surface area is 208 Å². The van der Waals surface area contributed by atoms with Crippen LogP contribution in [0.1, 0.15) is 45.7 Å². The van der Waals surface area contributed by atoms with Crippen LogP contribution in [0.2, 0.25) is 0 Å². The molecule has 4 aromatic carbocycles. The Hall–Kier alpha value is -3.41. The summed E-state index contributed by atoms with van der Waals surface area (Å²) in [7, 11) is -4.31. The molecule has 0 aliphatic rings. The zero-order valence-electron chi connectivity index (χ0n) is 20.0. The monoisotopic (exact) mass is 486 g/mol. The zero-order chi connectivity index (χ0) is 24.8. The SMILES string of the molecule is Cc1ccc(S(=O)(=O)O)c(CCC(c2ccccc2)c2cc(C)ccc2OCc2ccccc2)c1. The Kier molecular flexibility index (Phi) is 7.69. The summed E-state index contributed by atoms with van der Waals surface area (Å²) in [5.74, 6) is 0.796. The van der Waals surface area contributed by atoms with Crippen molar-refractivity contribution >= 4 is 10.1 Å². The van der Waals surface area contributed by atoms with Crippen LogP contribution >= 0.6 is 0 Å². The maximum absolute atomic E-state index is 12.0. The third-order valence-electron chi connectivity index (χ3n) is 6.18. The molecule has 0 amide bonds. The minimum atomic E-state index is -4.31. The molecule has 1 atom stereocenters. The second kappa shape index (κ2) is 10.9. The average molecular weight is 487 g/mol. The van der Waals surface area contributed by atoms with Crippen molar-refractivity contribution < 1.29 is 17.7 Å². The fourth-order valence-corrected chi connectivity index (χ4v) is 5.18. The van der Waals surface area contributed by atoms with Gasteiger partial charge >= 0.3 is 0 Å². The molecule has 0 aliphatic heterocycles. The summed E-state index contributed by atoms with van der Waals surface area (Å²) >= 11 is 0. The number of rotatable bonds is 9. The summed E-state index contributed by atoms with van der Waals surface area (Å²) in [5, 5.41) is 0. The van der Waals surface area contributed by atoms with Gasteiger partial charge in [0.25, 0.3) is 10.1 Å². The molecular formula is C30H30O4S. The molecule has 0 spiro atoms. The Bertz CT molecular complexity index is 1380. The third kappa shape index (κ3) is 6.38. The molecule has 1 unspecified atom stereocenters. The topological polar surface area (TPSA) is 63.6 Å². The number of benzene rings is 4. The van der Waals surface area contributed by atoms with E-state index in [0.29, 0.717) is 25.0 Å². The van der Waals surface area contributed by atoms with Gasteiger partial charge in [0, 0.05) is 11.5 Å². The lowest BCUT2D eigenvalue weighted by Gasteiger charge is -2.23. The lowest BCUT2D eigenvalue weighted by molar-refractivity contribution is 0.301. The molecule has 0 radical (unpaired) electrons. The molecule has 0 bridgehead atoms. The highest BCUT2D eigenvalue weighted by Crippen LogP contribution is 2.37. The van der Waals surface area contributed by atoms with E-state index in [1.165, 1.54) is 6.07 Å². The van der Waals surface area contributed by atoms with Crippen molar-refractivity contribution in [3.8, 4) is 5.75 Å². The summed E-state index contributed by atoms with van der Waals surface area (Å²) < 4.78 is 40.1. The highest BCUT2D eigenvalue weighted by molar-refractivity contribution is 7.85. The summed E-state index contributed by atoms with van der Waals surface area (Å²) in [6, 6.07) is 31.5. The molecular weight excluding hydrogens is 456 g/mol. The molecule has 4 aromatic rings. The van der Waals surface area contributed by atoms with E-state index < -0.39 is 10.1 Å². The summed E-state index contributed by atoms with van der Waals surface area (Å²) in [5.41, 5.74) is 5.98. The van der Waals surface area contributed by atoms with Crippen molar-refractivity contribution in [1.82, 2.24) is 0 Å². The average Bonchev–Trinajstić information content (AvgIpc) is 2.84. The van der Waals surface area contributed by atoms with Crippen LogP contribution in [0.4, 0.5) is 0 Å². The lowest BCUT2D eigenvalue weighted by atomic mass is 9.85. The van der Waals surface area contributed by atoms with Gasteiger partial charge in [-0.3, -0.25) is 4.55 Å². The quantitative estimate of drug-likeness (QED) is 0.262. The van der Waals surface area contributed by atoms with Crippen LogP contribution in [-0.2, 0) is 23.1 Å². The first-order valence-corrected chi connectivity index (χ1v) is 13.1. The summed E-state index contributed by atoms with van der Waals surface area (Å²) in [4.78, 5) is -0.0281. The highest BCUT2D eigenvalue weighted by Gasteiger charge is 2.22. The van der Waals surface area contributed by atoms with Gasteiger partial charge < -0.3 is 4.74 Å². The second-order valence-corrected chi connectivity index (χ2v) is 10.3. The predicted molar refractivity (Wildman–Crippen MR) is 140 cm³/mol. The van der Waals surface area contributed by atoms with Crippen molar-refractivity contribution in [3.63, 3.8) is 0 Å². The molecule has 0 saturated carbocycles. The van der Waals surface area contributed by atoms with Gasteiger partial charge in [0.2, 0.25) is 0 Å². The van der Waals surface area contributed by atoms with Gasteiger partial charge in [-0.1, -0.05) is 96.1 Å². The van der Waals surface area contributed by atoms with E-state index in [4.69, 9.17) is 4.74 Å². The van der Waals surface area contributed by atoms with Crippen molar-refractivity contribution in [3.05, 3.63) is 130 Å². The van der Waals surface area contributed by atoms with E-state index >= 15 is 0 Å². The molecule has 0 fully saturated rings. The summed E-state index contributed by atoms with van der Waals surface area (Å²) in [6.07, 6.45) is 1.14. The molecule has 1 N–H and O–H groups in total. The van der Waals surface area contributed by atoms with Crippen LogP contribution in [0, 0.1) is 13.8 Å². The van der Waals surface area contributed by atoms with E-state index in [9.17, 15) is 13.0 Å². The lowest BCUT2D eigenvalue weighted by Crippen LogP contribution is -2.09. The zero-order valence-corrected chi connectivity index (χ0v) is 20.8. The number of ether oxygens (including phenoxy) is 1. The number of hydrogen-bond acceptors (Lipinski definition) is 3. The summed E-state index contributed by atoms with van der Waals surface area (Å²) in [6.45, 7) is 4.44. The fraction of sp³-hybridized carbons (Fsp3) is 0.200. The van der Waals surface area contributed by atoms with Crippen molar-refractivity contribution in [2.75, 3.05) is 0 Å². The molecule has 5 heteroatoms. The number of hydrogen-bond donors (Lipinski definition) is 1. The van der Waals surface area contributed by atoms with E-state index in [2.05, 4.69) is 25.1 Å². The first-order chi connectivity index (χ1) is 16.8. The minimum Gasteiger partial charge on any atom is -0.489 e. The minimum absolute atomic E-state index is 0.0170. The van der Waals surface area contributed by atoms with Crippen LogP contribution in [0.25, 0.3) is 0 Å². The van der Waals surface area contributed by atoms with E-state index in [1.807, 2.05) is 73.7 Å². The maximum Gasteiger partial charge on any atom is 0.294 e. The van der Waals surface area contributed by atoms with Gasteiger partial charge in [-0.05, 0) is 55.5 Å². The van der Waals surface area contributed by atoms with Gasteiger partial charge in [-0.25, -0.2) is 0 Å². The van der Waals surface area contributed by atoms with Crippen LogP contribution in [0.15, 0.2) is 102 Å². The van der Waals surface area contributed by atoms with Gasteiger partial charge in [-0.2, -0.15) is 8.42 Å². The van der Waals surface area contributed by atoms with Crippen molar-refractivity contribution in [2.24, 2.45) is 0 Å². The molecule has 180 valence electrons. The Balaban J connectivity index is 1.70. The molecule has 0 saturated heterocycles. The first-order valence-electron chi connectivity index (χ1n) is 11.7. The molecule has 4 nitrogen and oxygen atoms in total. The Morgan fingerprint density at radius 2 is 1.43 bits per heavy atom. The largest absolute Gasteiger partial charge is 0.489 e. The molecule has 4 rings (SSSR count). The Morgan fingerprint density at radius 3 is 2.11 bits per heavy atom. The van der Waals surface area contributed by atoms with Crippen LogP contribution in [0.5, 0.6) is 5.75 Å². The van der Waals surface area contributed by atoms with Gasteiger partial charge in [0.05, 0.1) is 4.90 Å². The smallest absolute Gasteiger partial charge is 0.294 e. The molecule has 0 heterocycles. The first kappa shape index (κ1) is 24.7. The third-order valence-corrected chi connectivity index (χ3v) is 7.13. The van der Waals surface area contributed by atoms with Gasteiger partial charge in [-0.15, -0.1) is 0 Å². The molecule has 35 heavy (non-hydrogen) atoms. The number of aryl methyl sites for hydroxylation is 3. The molecule has 0 aromatic heterocycles. The van der Waals surface area contributed by atoms with Gasteiger partial charge in [0.15, 0.2) is 0 Å². The second-order valence-electron chi connectivity index (χ2n) is 8.90. The maximum atomic E-state index is 12.0. The normalized spacial score (nSPS) is 12.3. The predicted octanol–water partition coefficient (Wildman–Crippen LogP) is 6.89. The van der Waals surface area contributed by atoms with Crippen molar-refractivity contribution in [2.45, 2.75) is 44.1 Å². The van der Waals surface area contributed by atoms with E-state index in [-0.39, 0.29) is 10.8 Å². The van der Waals surface area contributed by atoms with Crippen LogP contribution < -0.4 is 4.74 Å². The van der Waals surface area contributed by atoms with Crippen molar-refractivity contribution in [1.29, 1.82) is 0 Å². The van der Waals surface area contributed by atoms with Gasteiger partial charge in [0.1, 0.15) is 12.4 Å². The highest BCUT2D eigenvalue weighted by atomic mass is 32.2. The van der Waals surface area contributed by atoms with E-state index in [1.54, 1.807) is 6.07 Å².